The van der Waals surface area contributed by atoms with Crippen LogP contribution in [0.25, 0.3) is 0 Å². The average molecular weight is 298 g/mol. The Bertz CT molecular complexity index is 565. The van der Waals surface area contributed by atoms with Gasteiger partial charge in [-0.2, -0.15) is 0 Å². The zero-order valence-electron chi connectivity index (χ0n) is 11.5. The molecule has 1 aromatic rings. The molecule has 1 fully saturated rings. The molecule has 21 heavy (non-hydrogen) atoms. The zero-order chi connectivity index (χ0) is 15.6. The molecule has 2 amide bonds. The number of hydrogen-bond donors (Lipinski definition) is 1. The molecule has 0 radical (unpaired) electrons. The predicted octanol–water partition coefficient (Wildman–Crippen LogP) is 0.927. The van der Waals surface area contributed by atoms with E-state index in [0.717, 1.165) is 12.1 Å². The minimum Gasteiger partial charge on any atom is -0.379 e. The van der Waals surface area contributed by atoms with Gasteiger partial charge in [-0.15, -0.1) is 0 Å². The second-order valence-corrected chi connectivity index (χ2v) is 5.04. The fourth-order valence-corrected chi connectivity index (χ4v) is 2.56. The Labute approximate surface area is 120 Å². The van der Waals surface area contributed by atoms with Crippen LogP contribution in [0.5, 0.6) is 0 Å². The van der Waals surface area contributed by atoms with Crippen molar-refractivity contribution in [2.24, 2.45) is 11.7 Å². The highest BCUT2D eigenvalue weighted by Crippen LogP contribution is 2.25. The quantitative estimate of drug-likeness (QED) is 0.898. The van der Waals surface area contributed by atoms with Crippen molar-refractivity contribution < 1.29 is 23.1 Å². The summed E-state index contributed by atoms with van der Waals surface area (Å²) in [6.07, 6.45) is -0.237. The zero-order valence-corrected chi connectivity index (χ0v) is 11.5. The monoisotopic (exact) mass is 298 g/mol. The molecular weight excluding hydrogens is 282 g/mol. The van der Waals surface area contributed by atoms with Crippen LogP contribution in [0.3, 0.4) is 0 Å². The number of carbonyl (C=O) groups is 2. The number of nitrogens with zero attached hydrogens (tertiary/aromatic N) is 1. The predicted molar refractivity (Wildman–Crippen MR) is 70.4 cm³/mol. The second-order valence-electron chi connectivity index (χ2n) is 5.04. The van der Waals surface area contributed by atoms with E-state index in [4.69, 9.17) is 10.5 Å². The number of halogens is 2. The topological polar surface area (TPSA) is 72.6 Å². The summed E-state index contributed by atoms with van der Waals surface area (Å²) in [6.45, 7) is 0.487. The van der Waals surface area contributed by atoms with Gasteiger partial charge in [0.15, 0.2) is 0 Å². The Kier molecular flexibility index (Phi) is 4.52. The van der Waals surface area contributed by atoms with Crippen LogP contribution in [0.15, 0.2) is 18.2 Å². The lowest BCUT2D eigenvalue weighted by Gasteiger charge is -2.16. The standard InChI is InChI=1S/C14H16F2N2O3/c1-21-12-7-18(6-8(12)4-13(17)19)14(20)10-3-2-9(15)5-11(10)16/h2-3,5,8,12H,4,6-7H2,1H3,(H2,17,19)/t8-,12-/m0/s1. The number of amides is 2. The SMILES string of the molecule is CO[C@H]1CN(C(=O)c2ccc(F)cc2F)C[C@@H]1CC(N)=O. The van der Waals surface area contributed by atoms with Gasteiger partial charge in [-0.1, -0.05) is 0 Å². The third-order valence-corrected chi connectivity index (χ3v) is 3.60. The third kappa shape index (κ3) is 3.36. The lowest BCUT2D eigenvalue weighted by molar-refractivity contribution is -0.119. The molecule has 1 aliphatic rings. The molecule has 0 saturated carbocycles. The minimum atomic E-state index is -0.910. The average Bonchev–Trinajstić information content (AvgIpc) is 2.80. The van der Waals surface area contributed by atoms with E-state index in [2.05, 4.69) is 0 Å². The van der Waals surface area contributed by atoms with Crippen LogP contribution in [0, 0.1) is 17.6 Å². The van der Waals surface area contributed by atoms with Crippen LogP contribution in [0.2, 0.25) is 0 Å². The Morgan fingerprint density at radius 1 is 1.38 bits per heavy atom. The van der Waals surface area contributed by atoms with Gasteiger partial charge in [0, 0.05) is 38.6 Å². The van der Waals surface area contributed by atoms with Crippen LogP contribution < -0.4 is 5.73 Å². The van der Waals surface area contributed by atoms with E-state index in [-0.39, 0.29) is 37.1 Å². The van der Waals surface area contributed by atoms with Gasteiger partial charge in [0.25, 0.3) is 5.91 Å². The highest BCUT2D eigenvalue weighted by atomic mass is 19.1. The number of rotatable bonds is 4. The maximum Gasteiger partial charge on any atom is 0.256 e. The minimum absolute atomic E-state index is 0.0915. The summed E-state index contributed by atoms with van der Waals surface area (Å²) in [5.41, 5.74) is 4.96. The number of likely N-dealkylation sites (tertiary alicyclic amines) is 1. The van der Waals surface area contributed by atoms with Gasteiger partial charge in [-0.05, 0) is 12.1 Å². The molecule has 114 valence electrons. The summed E-state index contributed by atoms with van der Waals surface area (Å²) in [5, 5.41) is 0. The van der Waals surface area contributed by atoms with E-state index in [1.54, 1.807) is 0 Å². The Morgan fingerprint density at radius 2 is 2.10 bits per heavy atom. The van der Waals surface area contributed by atoms with Crippen molar-refractivity contribution in [3.8, 4) is 0 Å². The fraction of sp³-hybridized carbons (Fsp3) is 0.429. The third-order valence-electron chi connectivity index (χ3n) is 3.60. The van der Waals surface area contributed by atoms with Gasteiger partial charge < -0.3 is 15.4 Å². The lowest BCUT2D eigenvalue weighted by atomic mass is 10.0. The summed E-state index contributed by atoms with van der Waals surface area (Å²) < 4.78 is 31.8. The largest absolute Gasteiger partial charge is 0.379 e. The molecule has 1 aliphatic heterocycles. The molecule has 7 heteroatoms. The van der Waals surface area contributed by atoms with E-state index < -0.39 is 23.4 Å². The summed E-state index contributed by atoms with van der Waals surface area (Å²) in [7, 11) is 1.48. The number of ether oxygens (including phenoxy) is 1. The number of primary amides is 1. The van der Waals surface area contributed by atoms with Gasteiger partial charge in [-0.25, -0.2) is 8.78 Å². The van der Waals surface area contributed by atoms with Crippen molar-refractivity contribution in [3.05, 3.63) is 35.4 Å². The van der Waals surface area contributed by atoms with Crippen LogP contribution in [0.4, 0.5) is 8.78 Å². The number of benzene rings is 1. The van der Waals surface area contributed by atoms with Crippen LogP contribution in [-0.4, -0.2) is 43.0 Å². The highest BCUT2D eigenvalue weighted by molar-refractivity contribution is 5.94. The van der Waals surface area contributed by atoms with E-state index in [1.165, 1.54) is 12.0 Å². The molecule has 0 aliphatic carbocycles. The van der Waals surface area contributed by atoms with Gasteiger partial charge in [-0.3, -0.25) is 9.59 Å². The summed E-state index contributed by atoms with van der Waals surface area (Å²) in [5.74, 6) is -2.91. The van der Waals surface area contributed by atoms with Crippen molar-refractivity contribution in [1.29, 1.82) is 0 Å². The molecule has 2 atom stereocenters. The molecule has 1 saturated heterocycles. The van der Waals surface area contributed by atoms with Crippen LogP contribution in [0.1, 0.15) is 16.8 Å². The van der Waals surface area contributed by atoms with Crippen LogP contribution >= 0.6 is 0 Å². The number of methoxy groups -OCH3 is 1. The molecule has 5 nitrogen and oxygen atoms in total. The molecule has 1 heterocycles. The van der Waals surface area contributed by atoms with E-state index in [9.17, 15) is 18.4 Å². The van der Waals surface area contributed by atoms with Crippen molar-refractivity contribution in [1.82, 2.24) is 4.90 Å². The number of carbonyl (C=O) groups excluding carboxylic acids is 2. The maximum atomic E-state index is 13.6. The van der Waals surface area contributed by atoms with E-state index in [0.29, 0.717) is 6.07 Å². The molecule has 0 bridgehead atoms. The second kappa shape index (κ2) is 6.17. The first-order chi connectivity index (χ1) is 9.92. The molecule has 0 aromatic heterocycles. The first kappa shape index (κ1) is 15.4. The summed E-state index contributed by atoms with van der Waals surface area (Å²) in [4.78, 5) is 24.7. The number of hydrogen-bond acceptors (Lipinski definition) is 3. The van der Waals surface area contributed by atoms with Gasteiger partial charge >= 0.3 is 0 Å². The van der Waals surface area contributed by atoms with E-state index in [1.807, 2.05) is 0 Å². The fourth-order valence-electron chi connectivity index (χ4n) is 2.56. The van der Waals surface area contributed by atoms with E-state index >= 15 is 0 Å². The Balaban J connectivity index is 2.15. The van der Waals surface area contributed by atoms with Gasteiger partial charge in [0.05, 0.1) is 11.7 Å². The first-order valence-electron chi connectivity index (χ1n) is 6.47. The summed E-state index contributed by atoms with van der Waals surface area (Å²) in [6, 6.07) is 2.80. The molecule has 1 aromatic carbocycles. The maximum absolute atomic E-state index is 13.6. The van der Waals surface area contributed by atoms with Gasteiger partial charge in [0.1, 0.15) is 11.6 Å². The molecule has 0 unspecified atom stereocenters. The smallest absolute Gasteiger partial charge is 0.256 e. The van der Waals surface area contributed by atoms with Gasteiger partial charge in [0.2, 0.25) is 5.91 Å². The van der Waals surface area contributed by atoms with Crippen molar-refractivity contribution in [2.45, 2.75) is 12.5 Å². The molecule has 2 N–H and O–H groups in total. The molecular formula is C14H16F2N2O3. The normalized spacial score (nSPS) is 21.6. The molecule has 2 rings (SSSR count). The Hall–Kier alpha value is -2.02. The summed E-state index contributed by atoms with van der Waals surface area (Å²) >= 11 is 0. The first-order valence-corrected chi connectivity index (χ1v) is 6.47. The highest BCUT2D eigenvalue weighted by Gasteiger charge is 2.37. The lowest BCUT2D eigenvalue weighted by Crippen LogP contribution is -2.30. The molecule has 0 spiro atoms. The van der Waals surface area contributed by atoms with Crippen molar-refractivity contribution in [3.63, 3.8) is 0 Å². The van der Waals surface area contributed by atoms with Crippen molar-refractivity contribution >= 4 is 11.8 Å². The van der Waals surface area contributed by atoms with Crippen LogP contribution in [-0.2, 0) is 9.53 Å². The number of nitrogens with two attached hydrogens (primary N) is 1. The van der Waals surface area contributed by atoms with Crippen molar-refractivity contribution in [2.75, 3.05) is 20.2 Å². The Morgan fingerprint density at radius 3 is 2.67 bits per heavy atom.